The molecule has 1 saturated heterocycles. The van der Waals surface area contributed by atoms with Gasteiger partial charge in [-0.2, -0.15) is 0 Å². The number of hydrogen-bond donors (Lipinski definition) is 3. The molecule has 0 saturated carbocycles. The highest BCUT2D eigenvalue weighted by molar-refractivity contribution is 6.19. The molecule has 102 valence electrons. The molecule has 1 aliphatic heterocycles. The van der Waals surface area contributed by atoms with E-state index in [1.807, 2.05) is 0 Å². The number of nitrogens with zero attached hydrogens (tertiary/aromatic N) is 2. The fourth-order valence-electron chi connectivity index (χ4n) is 2.09. The van der Waals surface area contributed by atoms with Crippen molar-refractivity contribution >= 4 is 11.6 Å². The van der Waals surface area contributed by atoms with Crippen LogP contribution in [0.3, 0.4) is 0 Å². The van der Waals surface area contributed by atoms with Crippen molar-refractivity contribution in [3.05, 3.63) is 11.3 Å². The minimum atomic E-state index is -0.294. The van der Waals surface area contributed by atoms with E-state index >= 15 is 0 Å². The molecule has 1 fully saturated rings. The van der Waals surface area contributed by atoms with E-state index in [9.17, 15) is 9.90 Å². The smallest absolute Gasteiger partial charge is 0.166 e. The van der Waals surface area contributed by atoms with Crippen LogP contribution in [-0.4, -0.2) is 71.0 Å². The molecule has 0 aromatic carbocycles. The summed E-state index contributed by atoms with van der Waals surface area (Å²) in [6.07, 6.45) is 0. The van der Waals surface area contributed by atoms with E-state index in [1.165, 1.54) is 13.8 Å². The number of carbonyl (C=O) groups excluding carboxylic acids is 1. The molecule has 0 radical (unpaired) electrons. The summed E-state index contributed by atoms with van der Waals surface area (Å²) in [5.74, 6) is -0.311. The molecule has 0 bridgehead atoms. The molecule has 3 N–H and O–H groups in total. The summed E-state index contributed by atoms with van der Waals surface area (Å²) in [6, 6.07) is 0. The third kappa shape index (κ3) is 3.54. The quantitative estimate of drug-likeness (QED) is 0.285. The number of β-amino-alcohol motifs (C(OH)–C–C–N with tert-alkyl or cyclic N) is 1. The van der Waals surface area contributed by atoms with E-state index in [-0.39, 0.29) is 29.6 Å². The Labute approximate surface area is 107 Å². The number of aliphatic hydroxyl groups is 2. The van der Waals surface area contributed by atoms with Crippen molar-refractivity contribution in [1.29, 1.82) is 5.41 Å². The van der Waals surface area contributed by atoms with Crippen LogP contribution in [0.4, 0.5) is 0 Å². The highest BCUT2D eigenvalue weighted by atomic mass is 16.3. The lowest BCUT2D eigenvalue weighted by Gasteiger charge is -2.36. The molecule has 18 heavy (non-hydrogen) atoms. The van der Waals surface area contributed by atoms with Crippen LogP contribution in [0, 0.1) is 5.41 Å². The van der Waals surface area contributed by atoms with Gasteiger partial charge in [0.1, 0.15) is 11.6 Å². The van der Waals surface area contributed by atoms with Gasteiger partial charge in [-0.1, -0.05) is 0 Å². The Morgan fingerprint density at radius 3 is 2.17 bits per heavy atom. The van der Waals surface area contributed by atoms with Gasteiger partial charge in [0.05, 0.1) is 12.2 Å². The molecule has 1 heterocycles. The number of hydrogen-bond acceptors (Lipinski definition) is 5. The van der Waals surface area contributed by atoms with Crippen LogP contribution < -0.4 is 0 Å². The van der Waals surface area contributed by atoms with Gasteiger partial charge < -0.3 is 15.1 Å². The predicted molar refractivity (Wildman–Crippen MR) is 68.8 cm³/mol. The number of amidine groups is 1. The van der Waals surface area contributed by atoms with Crippen LogP contribution in [0.1, 0.15) is 13.8 Å². The van der Waals surface area contributed by atoms with Gasteiger partial charge >= 0.3 is 0 Å². The number of Topliss-reactive ketones (excluding diaryl/α,β-unsaturated/α-hetero) is 1. The molecule has 1 aliphatic rings. The third-order valence-corrected chi connectivity index (χ3v) is 3.06. The first-order valence-electron chi connectivity index (χ1n) is 6.05. The van der Waals surface area contributed by atoms with Crippen molar-refractivity contribution in [2.75, 3.05) is 39.3 Å². The first-order valence-corrected chi connectivity index (χ1v) is 6.05. The summed E-state index contributed by atoms with van der Waals surface area (Å²) < 4.78 is 0. The SMILES string of the molecule is CC(=O)C(C(=N)N1CCN(CCO)CC1)=C(C)O. The first kappa shape index (κ1) is 14.7. The molecule has 0 aromatic heterocycles. The lowest BCUT2D eigenvalue weighted by molar-refractivity contribution is -0.113. The molecular weight excluding hydrogens is 234 g/mol. The summed E-state index contributed by atoms with van der Waals surface area (Å²) in [5, 5.41) is 26.3. The minimum Gasteiger partial charge on any atom is -0.512 e. The second-order valence-corrected chi connectivity index (χ2v) is 4.42. The van der Waals surface area contributed by atoms with Crippen LogP contribution in [0.2, 0.25) is 0 Å². The van der Waals surface area contributed by atoms with Crippen molar-refractivity contribution in [3.8, 4) is 0 Å². The maximum Gasteiger partial charge on any atom is 0.166 e. The van der Waals surface area contributed by atoms with Crippen molar-refractivity contribution in [2.45, 2.75) is 13.8 Å². The van der Waals surface area contributed by atoms with Gasteiger partial charge in [-0.05, 0) is 13.8 Å². The Morgan fingerprint density at radius 1 is 1.22 bits per heavy atom. The Morgan fingerprint density at radius 2 is 1.78 bits per heavy atom. The number of nitrogens with one attached hydrogen (secondary N) is 1. The monoisotopic (exact) mass is 255 g/mol. The van der Waals surface area contributed by atoms with E-state index < -0.39 is 0 Å². The number of ketones is 1. The number of allylic oxidation sites excluding steroid dienone is 1. The highest BCUT2D eigenvalue weighted by Gasteiger charge is 2.24. The van der Waals surface area contributed by atoms with Crippen molar-refractivity contribution in [1.82, 2.24) is 9.80 Å². The van der Waals surface area contributed by atoms with Crippen LogP contribution in [0.15, 0.2) is 11.3 Å². The van der Waals surface area contributed by atoms with Crippen molar-refractivity contribution in [2.24, 2.45) is 0 Å². The predicted octanol–water partition coefficient (Wildman–Crippen LogP) is -0.00543. The number of piperazine rings is 1. The Kier molecular flexibility index (Phi) is 5.30. The summed E-state index contributed by atoms with van der Waals surface area (Å²) >= 11 is 0. The fraction of sp³-hybridized carbons (Fsp3) is 0.667. The van der Waals surface area contributed by atoms with Gasteiger partial charge in [0.15, 0.2) is 5.78 Å². The van der Waals surface area contributed by atoms with Gasteiger partial charge in [-0.15, -0.1) is 0 Å². The van der Waals surface area contributed by atoms with E-state index in [1.54, 1.807) is 4.90 Å². The standard InChI is InChI=1S/C12H21N3O3/c1-9(17)11(10(2)18)12(13)15-5-3-14(4-6-15)7-8-16/h13,16-17H,3-8H2,1-2H3. The van der Waals surface area contributed by atoms with E-state index in [2.05, 4.69) is 4.90 Å². The molecule has 1 rings (SSSR count). The van der Waals surface area contributed by atoms with Gasteiger partial charge in [0, 0.05) is 32.7 Å². The Balaban J connectivity index is 2.65. The molecular formula is C12H21N3O3. The zero-order valence-electron chi connectivity index (χ0n) is 10.9. The van der Waals surface area contributed by atoms with Crippen molar-refractivity contribution in [3.63, 3.8) is 0 Å². The topological polar surface area (TPSA) is 87.9 Å². The van der Waals surface area contributed by atoms with E-state index in [4.69, 9.17) is 10.5 Å². The lowest BCUT2D eigenvalue weighted by Crippen LogP contribution is -2.50. The van der Waals surface area contributed by atoms with Gasteiger partial charge in [-0.25, -0.2) is 0 Å². The second kappa shape index (κ2) is 6.51. The third-order valence-electron chi connectivity index (χ3n) is 3.06. The largest absolute Gasteiger partial charge is 0.512 e. The second-order valence-electron chi connectivity index (χ2n) is 4.42. The first-order chi connectivity index (χ1) is 8.47. The number of carbonyl (C=O) groups is 1. The van der Waals surface area contributed by atoms with Gasteiger partial charge in [0.25, 0.3) is 0 Å². The van der Waals surface area contributed by atoms with Crippen LogP contribution in [0.5, 0.6) is 0 Å². The van der Waals surface area contributed by atoms with E-state index in [0.717, 1.165) is 13.1 Å². The van der Waals surface area contributed by atoms with Crippen LogP contribution >= 0.6 is 0 Å². The Hall–Kier alpha value is -1.40. The average Bonchev–Trinajstić information content (AvgIpc) is 2.29. The molecule has 0 unspecified atom stereocenters. The number of aliphatic hydroxyl groups excluding tert-OH is 2. The van der Waals surface area contributed by atoms with E-state index in [0.29, 0.717) is 19.6 Å². The normalized spacial score (nSPS) is 18.5. The van der Waals surface area contributed by atoms with Crippen LogP contribution in [-0.2, 0) is 4.79 Å². The summed E-state index contributed by atoms with van der Waals surface area (Å²) in [4.78, 5) is 15.3. The molecule has 0 atom stereocenters. The zero-order chi connectivity index (χ0) is 13.7. The Bertz CT molecular complexity index is 354. The summed E-state index contributed by atoms with van der Waals surface area (Å²) in [6.45, 7) is 6.29. The highest BCUT2D eigenvalue weighted by Crippen LogP contribution is 2.11. The molecule has 6 heteroatoms. The molecule has 6 nitrogen and oxygen atoms in total. The maximum atomic E-state index is 11.4. The lowest BCUT2D eigenvalue weighted by atomic mass is 10.1. The van der Waals surface area contributed by atoms with Crippen LogP contribution in [0.25, 0.3) is 0 Å². The summed E-state index contributed by atoms with van der Waals surface area (Å²) in [5.41, 5.74) is 0.0885. The van der Waals surface area contributed by atoms with Crippen molar-refractivity contribution < 1.29 is 15.0 Å². The maximum absolute atomic E-state index is 11.4. The zero-order valence-corrected chi connectivity index (χ0v) is 10.9. The molecule has 0 amide bonds. The minimum absolute atomic E-state index is 0.0885. The average molecular weight is 255 g/mol. The van der Waals surface area contributed by atoms with Gasteiger partial charge in [-0.3, -0.25) is 15.1 Å². The molecule has 0 aromatic rings. The summed E-state index contributed by atoms with van der Waals surface area (Å²) in [7, 11) is 0. The molecule has 0 spiro atoms. The molecule has 0 aliphatic carbocycles. The fourth-order valence-corrected chi connectivity index (χ4v) is 2.09. The number of rotatable bonds is 4. The van der Waals surface area contributed by atoms with Gasteiger partial charge in [0.2, 0.25) is 0 Å².